The van der Waals surface area contributed by atoms with Crippen molar-refractivity contribution in [3.05, 3.63) is 142 Å². The van der Waals surface area contributed by atoms with E-state index >= 15 is 0 Å². The molecule has 0 unspecified atom stereocenters. The van der Waals surface area contributed by atoms with Crippen molar-refractivity contribution in [3.63, 3.8) is 0 Å². The molecule has 2 aromatic heterocycles. The smallest absolute Gasteiger partial charge is 0.177 e. The number of furan rings is 2. The highest BCUT2D eigenvalue weighted by atomic mass is 16.5. The molecule has 0 saturated heterocycles. The lowest BCUT2D eigenvalue weighted by atomic mass is 10.0. The Kier molecular flexibility index (Phi) is 8.24. The lowest BCUT2D eigenvalue weighted by Crippen LogP contribution is -1.84. The minimum absolute atomic E-state index is 0.722. The van der Waals surface area contributed by atoms with E-state index in [2.05, 4.69) is 137 Å². The number of benzene rings is 5. The Morgan fingerprint density at radius 2 is 0.854 bits per heavy atom. The summed E-state index contributed by atoms with van der Waals surface area (Å²) in [6.07, 6.45) is 8.52. The van der Waals surface area contributed by atoms with Gasteiger partial charge in [0.2, 0.25) is 0 Å². The molecule has 4 nitrogen and oxygen atoms in total. The molecule has 5 aromatic carbocycles. The fraction of sp³-hybridized carbons (Fsp3) is 0.136. The van der Waals surface area contributed by atoms with Gasteiger partial charge in [0, 0.05) is 21.9 Å². The Bertz CT molecular complexity index is 2180. The van der Waals surface area contributed by atoms with E-state index in [4.69, 9.17) is 18.3 Å². The van der Waals surface area contributed by atoms with Gasteiger partial charge in [-0.1, -0.05) is 85.0 Å². The number of fused-ring (bicyclic) bond motifs is 2. The first-order chi connectivity index (χ1) is 23.3. The number of ether oxygens (including phenoxy) is 2. The van der Waals surface area contributed by atoms with E-state index < -0.39 is 0 Å². The van der Waals surface area contributed by atoms with Gasteiger partial charge in [-0.2, -0.15) is 0 Å². The predicted molar refractivity (Wildman–Crippen MR) is 200 cm³/mol. The summed E-state index contributed by atoms with van der Waals surface area (Å²) in [7, 11) is 3.35. The van der Waals surface area contributed by atoms with Gasteiger partial charge in [-0.05, 0) is 109 Å². The predicted octanol–water partition coefficient (Wildman–Crippen LogP) is 12.1. The summed E-state index contributed by atoms with van der Waals surface area (Å²) in [6, 6.07) is 33.6. The maximum atomic E-state index is 6.34. The molecule has 7 aromatic rings. The van der Waals surface area contributed by atoms with Crippen molar-refractivity contribution < 1.29 is 18.3 Å². The molecule has 0 aliphatic heterocycles. The third kappa shape index (κ3) is 5.93. The molecule has 48 heavy (non-hydrogen) atoms. The maximum absolute atomic E-state index is 6.34. The van der Waals surface area contributed by atoms with Crippen LogP contribution in [-0.4, -0.2) is 14.2 Å². The number of rotatable bonds is 8. The van der Waals surface area contributed by atoms with Crippen LogP contribution in [0.1, 0.15) is 44.5 Å². The summed E-state index contributed by atoms with van der Waals surface area (Å²) in [4.78, 5) is 0. The number of hydrogen-bond donors (Lipinski definition) is 0. The molecule has 0 fully saturated rings. The second kappa shape index (κ2) is 12.8. The Morgan fingerprint density at radius 1 is 0.438 bits per heavy atom. The molecule has 0 N–H and O–H groups in total. The Labute approximate surface area is 281 Å². The monoisotopic (exact) mass is 630 g/mol. The van der Waals surface area contributed by atoms with Crippen molar-refractivity contribution in [2.45, 2.75) is 27.7 Å². The van der Waals surface area contributed by atoms with Crippen molar-refractivity contribution in [3.8, 4) is 34.1 Å². The summed E-state index contributed by atoms with van der Waals surface area (Å²) < 4.78 is 23.9. The topological polar surface area (TPSA) is 44.7 Å². The highest BCUT2D eigenvalue weighted by Crippen LogP contribution is 2.38. The van der Waals surface area contributed by atoms with Gasteiger partial charge in [0.05, 0.1) is 14.2 Å². The highest BCUT2D eigenvalue weighted by molar-refractivity contribution is 5.97. The molecule has 0 spiro atoms. The zero-order chi connectivity index (χ0) is 33.4. The SMILES string of the molecule is COc1ccc(/C=C/c2ccc(/C=C/c3ccc(OC)c4oc(-c5ccc(C)c(C)c5)cc34)cc2)c2cc(-c3ccc(C)c(C)c3)oc12. The van der Waals surface area contributed by atoms with Crippen molar-refractivity contribution in [1.82, 2.24) is 0 Å². The third-order valence-electron chi connectivity index (χ3n) is 9.23. The molecular weight excluding hydrogens is 592 g/mol. The molecule has 0 amide bonds. The van der Waals surface area contributed by atoms with Crippen LogP contribution < -0.4 is 9.47 Å². The number of methoxy groups -OCH3 is 2. The van der Waals surface area contributed by atoms with Gasteiger partial charge in [-0.15, -0.1) is 0 Å². The van der Waals surface area contributed by atoms with Crippen LogP contribution >= 0.6 is 0 Å². The van der Waals surface area contributed by atoms with Gasteiger partial charge in [0.15, 0.2) is 22.7 Å². The first-order valence-corrected chi connectivity index (χ1v) is 16.1. The van der Waals surface area contributed by atoms with Gasteiger partial charge in [-0.25, -0.2) is 0 Å². The number of aryl methyl sites for hydroxylation is 4. The van der Waals surface area contributed by atoms with E-state index in [0.717, 1.165) is 78.3 Å². The van der Waals surface area contributed by atoms with Crippen LogP contribution in [0.15, 0.2) is 106 Å². The largest absolute Gasteiger partial charge is 0.493 e. The highest BCUT2D eigenvalue weighted by Gasteiger charge is 2.15. The molecule has 0 saturated carbocycles. The molecular formula is C44H38O4. The van der Waals surface area contributed by atoms with Crippen LogP contribution in [0.2, 0.25) is 0 Å². The maximum Gasteiger partial charge on any atom is 0.177 e. The minimum atomic E-state index is 0.722. The molecule has 0 aliphatic carbocycles. The molecule has 7 rings (SSSR count). The van der Waals surface area contributed by atoms with E-state index in [9.17, 15) is 0 Å². The van der Waals surface area contributed by atoms with Crippen LogP contribution in [0, 0.1) is 27.7 Å². The lowest BCUT2D eigenvalue weighted by Gasteiger charge is -2.04. The Morgan fingerprint density at radius 3 is 1.23 bits per heavy atom. The van der Waals surface area contributed by atoms with Crippen LogP contribution in [0.5, 0.6) is 11.5 Å². The number of hydrogen-bond acceptors (Lipinski definition) is 4. The fourth-order valence-electron chi connectivity index (χ4n) is 6.02. The van der Waals surface area contributed by atoms with Crippen molar-refractivity contribution >= 4 is 46.2 Å². The molecule has 238 valence electrons. The lowest BCUT2D eigenvalue weighted by molar-refractivity contribution is 0.411. The first-order valence-electron chi connectivity index (χ1n) is 16.1. The summed E-state index contributed by atoms with van der Waals surface area (Å²) in [5.41, 5.74) is 12.9. The van der Waals surface area contributed by atoms with Crippen LogP contribution in [0.3, 0.4) is 0 Å². The van der Waals surface area contributed by atoms with E-state index in [1.54, 1.807) is 14.2 Å². The van der Waals surface area contributed by atoms with Gasteiger partial charge >= 0.3 is 0 Å². The quantitative estimate of drug-likeness (QED) is 0.157. The van der Waals surface area contributed by atoms with Gasteiger partial charge in [-0.3, -0.25) is 0 Å². The minimum Gasteiger partial charge on any atom is -0.493 e. The molecule has 0 aliphatic rings. The van der Waals surface area contributed by atoms with Crippen molar-refractivity contribution in [2.24, 2.45) is 0 Å². The van der Waals surface area contributed by atoms with E-state index in [1.165, 1.54) is 22.3 Å². The third-order valence-corrected chi connectivity index (χ3v) is 9.23. The Hall–Kier alpha value is -5.74. The second-order valence-corrected chi connectivity index (χ2v) is 12.4. The van der Waals surface area contributed by atoms with Crippen LogP contribution in [0.25, 0.3) is 68.9 Å². The van der Waals surface area contributed by atoms with E-state index in [-0.39, 0.29) is 0 Å². The molecule has 4 heteroatoms. The van der Waals surface area contributed by atoms with E-state index in [1.807, 2.05) is 12.1 Å². The van der Waals surface area contributed by atoms with Crippen LogP contribution in [-0.2, 0) is 0 Å². The summed E-state index contributed by atoms with van der Waals surface area (Å²) in [5, 5.41) is 2.04. The van der Waals surface area contributed by atoms with Gasteiger partial charge in [0.1, 0.15) is 11.5 Å². The Balaban J connectivity index is 1.14. The van der Waals surface area contributed by atoms with Gasteiger partial charge in [0.25, 0.3) is 0 Å². The van der Waals surface area contributed by atoms with Crippen molar-refractivity contribution in [2.75, 3.05) is 14.2 Å². The zero-order valence-electron chi connectivity index (χ0n) is 28.2. The molecule has 0 atom stereocenters. The zero-order valence-corrected chi connectivity index (χ0v) is 28.2. The second-order valence-electron chi connectivity index (χ2n) is 12.4. The standard InChI is InChI=1S/C44H38O4/c1-27-7-15-35(23-29(27)3)41-25-37-33(19-21-39(45-5)43(37)47-41)17-13-31-9-11-32(12-10-31)14-18-34-20-22-40(46-6)44-38(34)26-42(48-44)36-16-8-28(2)30(4)24-36/h7-26H,1-6H3/b17-13+,18-14+. The first kappa shape index (κ1) is 30.9. The molecule has 0 radical (unpaired) electrons. The average Bonchev–Trinajstić information content (AvgIpc) is 3.76. The normalized spacial score (nSPS) is 11.8. The summed E-state index contributed by atoms with van der Waals surface area (Å²) >= 11 is 0. The molecule has 0 bridgehead atoms. The summed E-state index contributed by atoms with van der Waals surface area (Å²) in [5.74, 6) is 3.10. The summed E-state index contributed by atoms with van der Waals surface area (Å²) in [6.45, 7) is 8.48. The van der Waals surface area contributed by atoms with Gasteiger partial charge < -0.3 is 18.3 Å². The van der Waals surface area contributed by atoms with Crippen LogP contribution in [0.4, 0.5) is 0 Å². The molecule has 2 heterocycles. The average molecular weight is 631 g/mol. The fourth-order valence-corrected chi connectivity index (χ4v) is 6.02. The van der Waals surface area contributed by atoms with E-state index in [0.29, 0.717) is 0 Å². The van der Waals surface area contributed by atoms with Crippen molar-refractivity contribution in [1.29, 1.82) is 0 Å².